The maximum absolute atomic E-state index is 12.4. The molecule has 0 radical (unpaired) electrons. The molecule has 0 aliphatic carbocycles. The Bertz CT molecular complexity index is 878. The van der Waals surface area contributed by atoms with Crippen LogP contribution in [0.2, 0.25) is 0 Å². The number of aromatic nitrogens is 3. The van der Waals surface area contributed by atoms with Crippen molar-refractivity contribution in [3.63, 3.8) is 0 Å². The summed E-state index contributed by atoms with van der Waals surface area (Å²) in [5.74, 6) is 0. The van der Waals surface area contributed by atoms with E-state index in [2.05, 4.69) is 36.5 Å². The van der Waals surface area contributed by atoms with Crippen molar-refractivity contribution in [1.82, 2.24) is 14.8 Å². The minimum Gasteiger partial charge on any atom is -0.275 e. The Kier molecular flexibility index (Phi) is 4.58. The van der Waals surface area contributed by atoms with E-state index >= 15 is 0 Å². The first kappa shape index (κ1) is 15.1. The molecule has 0 saturated carbocycles. The van der Waals surface area contributed by atoms with Crippen LogP contribution in [0.3, 0.4) is 0 Å². The molecule has 7 heteroatoms. The van der Waals surface area contributed by atoms with Crippen LogP contribution in [0.15, 0.2) is 75.3 Å². The van der Waals surface area contributed by atoms with Gasteiger partial charge in [-0.15, -0.1) is 0 Å². The molecule has 2 heterocycles. The monoisotopic (exact) mass is 369 g/mol. The number of halogens is 1. The summed E-state index contributed by atoms with van der Waals surface area (Å²) in [6.07, 6.45) is 4.78. The third-order valence-electron chi connectivity index (χ3n) is 2.99. The zero-order valence-corrected chi connectivity index (χ0v) is 13.5. The smallest absolute Gasteiger partial charge is 0.275 e. The summed E-state index contributed by atoms with van der Waals surface area (Å²) in [4.78, 5) is 16.5. The average Bonchev–Trinajstić information content (AvgIpc) is 2.60. The number of rotatable bonds is 4. The van der Waals surface area contributed by atoms with Crippen LogP contribution in [0.1, 0.15) is 5.69 Å². The van der Waals surface area contributed by atoms with Crippen molar-refractivity contribution in [2.24, 2.45) is 5.10 Å². The fraction of sp³-hybridized carbons (Fsp3) is 0. The van der Waals surface area contributed by atoms with Gasteiger partial charge >= 0.3 is 0 Å². The summed E-state index contributed by atoms with van der Waals surface area (Å²) in [5, 5.41) is 8.22. The van der Waals surface area contributed by atoms with Crippen LogP contribution >= 0.6 is 15.9 Å². The summed E-state index contributed by atoms with van der Waals surface area (Å²) in [7, 11) is 0. The molecule has 3 aromatic rings. The third-order valence-corrected chi connectivity index (χ3v) is 3.76. The molecule has 0 saturated heterocycles. The zero-order valence-electron chi connectivity index (χ0n) is 11.9. The van der Waals surface area contributed by atoms with Crippen molar-refractivity contribution < 1.29 is 0 Å². The maximum atomic E-state index is 12.4. The first-order valence-corrected chi connectivity index (χ1v) is 7.58. The number of nitrogens with one attached hydrogen (secondary N) is 1. The normalized spacial score (nSPS) is 10.8. The lowest BCUT2D eigenvalue weighted by Gasteiger charge is -2.07. The van der Waals surface area contributed by atoms with Gasteiger partial charge in [-0.2, -0.15) is 14.9 Å². The predicted molar refractivity (Wildman–Crippen MR) is 93.0 cm³/mol. The molecule has 114 valence electrons. The number of benzene rings is 1. The van der Waals surface area contributed by atoms with Gasteiger partial charge < -0.3 is 0 Å². The van der Waals surface area contributed by atoms with E-state index in [0.717, 1.165) is 0 Å². The Morgan fingerprint density at radius 1 is 1.13 bits per heavy atom. The van der Waals surface area contributed by atoms with Gasteiger partial charge in [-0.05, 0) is 40.2 Å². The van der Waals surface area contributed by atoms with E-state index in [1.54, 1.807) is 12.4 Å². The number of anilines is 1. The molecule has 0 atom stereocenters. The molecule has 0 unspecified atom stereocenters. The first-order valence-electron chi connectivity index (χ1n) is 6.79. The molecule has 0 spiro atoms. The molecule has 6 nitrogen and oxygen atoms in total. The van der Waals surface area contributed by atoms with Gasteiger partial charge in [0.2, 0.25) is 0 Å². The summed E-state index contributed by atoms with van der Waals surface area (Å²) < 4.78 is 1.67. The summed E-state index contributed by atoms with van der Waals surface area (Å²) in [6.45, 7) is 0. The zero-order chi connectivity index (χ0) is 16.1. The second-order valence-corrected chi connectivity index (χ2v) is 5.34. The maximum Gasteiger partial charge on any atom is 0.287 e. The number of nitrogens with zero attached hydrogens (tertiary/aromatic N) is 4. The average molecular weight is 370 g/mol. The van der Waals surface area contributed by atoms with Crippen LogP contribution in [0.5, 0.6) is 0 Å². The van der Waals surface area contributed by atoms with Gasteiger partial charge in [0.25, 0.3) is 5.56 Å². The second-order valence-electron chi connectivity index (χ2n) is 4.55. The van der Waals surface area contributed by atoms with E-state index < -0.39 is 0 Å². The predicted octanol–water partition coefficient (Wildman–Crippen LogP) is 2.84. The molecule has 1 aromatic carbocycles. The molecule has 1 N–H and O–H groups in total. The molecule has 0 aliphatic heterocycles. The lowest BCUT2D eigenvalue weighted by molar-refractivity contribution is 0.801. The molecule has 2 aromatic heterocycles. The largest absolute Gasteiger partial charge is 0.287 e. The van der Waals surface area contributed by atoms with Crippen LogP contribution in [0.4, 0.5) is 5.69 Å². The number of para-hydroxylation sites is 1. The summed E-state index contributed by atoms with van der Waals surface area (Å²) >= 11 is 3.29. The van der Waals surface area contributed by atoms with Crippen LogP contribution in [-0.2, 0) is 0 Å². The topological polar surface area (TPSA) is 72.2 Å². The minimum atomic E-state index is -0.269. The van der Waals surface area contributed by atoms with Gasteiger partial charge in [-0.3, -0.25) is 15.2 Å². The lowest BCUT2D eigenvalue weighted by atomic mass is 10.3. The van der Waals surface area contributed by atoms with E-state index in [1.807, 2.05) is 48.5 Å². The number of pyridine rings is 1. The van der Waals surface area contributed by atoms with Crippen LogP contribution in [-0.4, -0.2) is 21.0 Å². The molecule has 0 amide bonds. The molecular weight excluding hydrogens is 358 g/mol. The van der Waals surface area contributed by atoms with Crippen molar-refractivity contribution in [1.29, 1.82) is 0 Å². The van der Waals surface area contributed by atoms with Gasteiger partial charge in [0, 0.05) is 6.20 Å². The molecule has 3 rings (SSSR count). The fourth-order valence-electron chi connectivity index (χ4n) is 1.88. The Hall–Kier alpha value is -2.80. The van der Waals surface area contributed by atoms with E-state index in [4.69, 9.17) is 0 Å². The van der Waals surface area contributed by atoms with E-state index in [1.165, 1.54) is 10.9 Å². The van der Waals surface area contributed by atoms with Crippen molar-refractivity contribution in [2.75, 3.05) is 5.43 Å². The molecule has 23 heavy (non-hydrogen) atoms. The SMILES string of the molecule is O=c1c(Br)c(N/N=C\c2ccccn2)cnn1-c1ccccc1. The van der Waals surface area contributed by atoms with Crippen LogP contribution in [0, 0.1) is 0 Å². The molecule has 0 fully saturated rings. The highest BCUT2D eigenvalue weighted by atomic mass is 79.9. The first-order chi connectivity index (χ1) is 11.3. The minimum absolute atomic E-state index is 0.269. The van der Waals surface area contributed by atoms with Crippen LogP contribution < -0.4 is 11.0 Å². The van der Waals surface area contributed by atoms with Crippen molar-refractivity contribution >= 4 is 27.8 Å². The highest BCUT2D eigenvalue weighted by molar-refractivity contribution is 9.10. The Morgan fingerprint density at radius 3 is 2.65 bits per heavy atom. The van der Waals surface area contributed by atoms with E-state index in [-0.39, 0.29) is 5.56 Å². The number of hydrazone groups is 1. The van der Waals surface area contributed by atoms with Crippen molar-refractivity contribution in [3.8, 4) is 5.69 Å². The van der Waals surface area contributed by atoms with Gasteiger partial charge in [-0.25, -0.2) is 0 Å². The number of hydrogen-bond donors (Lipinski definition) is 1. The van der Waals surface area contributed by atoms with E-state index in [9.17, 15) is 4.79 Å². The van der Waals surface area contributed by atoms with Crippen molar-refractivity contribution in [3.05, 3.63) is 81.4 Å². The standard InChI is InChI=1S/C16H12BrN5O/c17-15-14(21-19-10-12-6-4-5-9-18-12)11-20-22(16(15)23)13-7-2-1-3-8-13/h1-11,21H/b19-10-. The second kappa shape index (κ2) is 6.97. The fourth-order valence-corrected chi connectivity index (χ4v) is 2.24. The third kappa shape index (κ3) is 3.51. The molecule has 0 bridgehead atoms. The summed E-state index contributed by atoms with van der Waals surface area (Å²) in [6, 6.07) is 14.7. The van der Waals surface area contributed by atoms with Gasteiger partial charge in [-0.1, -0.05) is 24.3 Å². The van der Waals surface area contributed by atoms with Gasteiger partial charge in [0.05, 0.1) is 29.5 Å². The lowest BCUT2D eigenvalue weighted by Crippen LogP contribution is -2.22. The number of hydrogen-bond acceptors (Lipinski definition) is 5. The Labute approximate surface area is 140 Å². The Morgan fingerprint density at radius 2 is 1.91 bits per heavy atom. The van der Waals surface area contributed by atoms with Crippen molar-refractivity contribution in [2.45, 2.75) is 0 Å². The summed E-state index contributed by atoms with van der Waals surface area (Å²) in [5.41, 5.74) is 4.41. The van der Waals surface area contributed by atoms with E-state index in [0.29, 0.717) is 21.5 Å². The van der Waals surface area contributed by atoms with Crippen LogP contribution in [0.25, 0.3) is 5.69 Å². The van der Waals surface area contributed by atoms with Gasteiger partial charge in [0.15, 0.2) is 0 Å². The molecular formula is C16H12BrN5O. The quantitative estimate of drug-likeness (QED) is 0.566. The van der Waals surface area contributed by atoms with Gasteiger partial charge in [0.1, 0.15) is 4.47 Å². The highest BCUT2D eigenvalue weighted by Crippen LogP contribution is 2.17. The Balaban J connectivity index is 1.84. The molecule has 0 aliphatic rings. The highest BCUT2D eigenvalue weighted by Gasteiger charge is 2.09.